The highest BCUT2D eigenvalue weighted by atomic mass is 79.9. The van der Waals surface area contributed by atoms with Crippen LogP contribution in [-0.4, -0.2) is 12.5 Å². The third-order valence-electron chi connectivity index (χ3n) is 1.96. The smallest absolute Gasteiger partial charge is 0.251 e. The minimum Gasteiger partial charge on any atom is -0.352 e. The van der Waals surface area contributed by atoms with Gasteiger partial charge in [-0.05, 0) is 39.5 Å². The van der Waals surface area contributed by atoms with Gasteiger partial charge in [-0.25, -0.2) is 4.39 Å². The standard InChI is InChI=1S/C12H15BrFNO/c1-12(2,3)7-15-11(16)8-4-5-10(14)9(13)6-8/h4-6H,7H2,1-3H3,(H,15,16). The molecule has 1 aromatic carbocycles. The maximum absolute atomic E-state index is 13.0. The number of benzene rings is 1. The Bertz CT molecular complexity index is 398. The first kappa shape index (κ1) is 13.2. The molecule has 0 radical (unpaired) electrons. The van der Waals surface area contributed by atoms with Gasteiger partial charge in [-0.15, -0.1) is 0 Å². The van der Waals surface area contributed by atoms with Gasteiger partial charge in [0.15, 0.2) is 0 Å². The van der Waals surface area contributed by atoms with E-state index in [1.54, 1.807) is 0 Å². The van der Waals surface area contributed by atoms with E-state index in [2.05, 4.69) is 21.2 Å². The molecule has 1 N–H and O–H groups in total. The van der Waals surface area contributed by atoms with Crippen molar-refractivity contribution in [3.63, 3.8) is 0 Å². The van der Waals surface area contributed by atoms with Gasteiger partial charge in [0.2, 0.25) is 0 Å². The zero-order valence-corrected chi connectivity index (χ0v) is 11.2. The third-order valence-corrected chi connectivity index (χ3v) is 2.57. The van der Waals surface area contributed by atoms with Crippen LogP contribution in [0, 0.1) is 11.2 Å². The Morgan fingerprint density at radius 3 is 2.56 bits per heavy atom. The number of rotatable bonds is 2. The summed E-state index contributed by atoms with van der Waals surface area (Å²) >= 11 is 3.05. The van der Waals surface area contributed by atoms with Gasteiger partial charge in [-0.1, -0.05) is 20.8 Å². The summed E-state index contributed by atoms with van der Waals surface area (Å²) < 4.78 is 13.3. The highest BCUT2D eigenvalue weighted by molar-refractivity contribution is 9.10. The van der Waals surface area contributed by atoms with E-state index < -0.39 is 0 Å². The molecule has 1 aromatic rings. The summed E-state index contributed by atoms with van der Waals surface area (Å²) in [5.41, 5.74) is 0.491. The first-order valence-electron chi connectivity index (χ1n) is 5.03. The van der Waals surface area contributed by atoms with Crippen molar-refractivity contribution < 1.29 is 9.18 Å². The Kier molecular flexibility index (Phi) is 4.08. The Morgan fingerprint density at radius 2 is 2.06 bits per heavy atom. The number of carbonyl (C=O) groups is 1. The van der Waals surface area contributed by atoms with Crippen LogP contribution >= 0.6 is 15.9 Å². The molecule has 0 aromatic heterocycles. The lowest BCUT2D eigenvalue weighted by Gasteiger charge is -2.18. The fourth-order valence-electron chi connectivity index (χ4n) is 1.08. The molecule has 16 heavy (non-hydrogen) atoms. The average Bonchev–Trinajstić information content (AvgIpc) is 2.17. The average molecular weight is 288 g/mol. The van der Waals surface area contributed by atoms with Crippen LogP contribution in [0.5, 0.6) is 0 Å². The van der Waals surface area contributed by atoms with Crippen molar-refractivity contribution in [1.29, 1.82) is 0 Å². The summed E-state index contributed by atoms with van der Waals surface area (Å²) in [5.74, 6) is -0.553. The Hall–Kier alpha value is -0.900. The van der Waals surface area contributed by atoms with Crippen LogP contribution < -0.4 is 5.32 Å². The fraction of sp³-hybridized carbons (Fsp3) is 0.417. The lowest BCUT2D eigenvalue weighted by molar-refractivity contribution is 0.0939. The predicted molar refractivity (Wildman–Crippen MR) is 65.9 cm³/mol. The van der Waals surface area contributed by atoms with E-state index in [0.717, 1.165) is 0 Å². The van der Waals surface area contributed by atoms with E-state index in [-0.39, 0.29) is 17.1 Å². The number of carbonyl (C=O) groups excluding carboxylic acids is 1. The lowest BCUT2D eigenvalue weighted by atomic mass is 9.97. The molecule has 2 nitrogen and oxygen atoms in total. The van der Waals surface area contributed by atoms with Crippen molar-refractivity contribution in [2.45, 2.75) is 20.8 Å². The van der Waals surface area contributed by atoms with Crippen molar-refractivity contribution in [2.24, 2.45) is 5.41 Å². The highest BCUT2D eigenvalue weighted by Gasteiger charge is 2.13. The molecule has 0 fully saturated rings. The van der Waals surface area contributed by atoms with Gasteiger partial charge in [-0.2, -0.15) is 0 Å². The monoisotopic (exact) mass is 287 g/mol. The van der Waals surface area contributed by atoms with Crippen molar-refractivity contribution in [3.8, 4) is 0 Å². The number of hydrogen-bond acceptors (Lipinski definition) is 1. The number of halogens is 2. The minimum atomic E-state index is -0.368. The largest absolute Gasteiger partial charge is 0.352 e. The molecule has 1 rings (SSSR count). The van der Waals surface area contributed by atoms with E-state index in [0.29, 0.717) is 16.6 Å². The van der Waals surface area contributed by atoms with Crippen LogP contribution in [0.1, 0.15) is 31.1 Å². The summed E-state index contributed by atoms with van der Waals surface area (Å²) in [6, 6.07) is 4.22. The molecule has 88 valence electrons. The Morgan fingerprint density at radius 1 is 1.44 bits per heavy atom. The second-order valence-electron chi connectivity index (χ2n) is 4.87. The first-order chi connectivity index (χ1) is 7.29. The van der Waals surface area contributed by atoms with Gasteiger partial charge < -0.3 is 5.32 Å². The number of hydrogen-bond donors (Lipinski definition) is 1. The van der Waals surface area contributed by atoms with Gasteiger partial charge in [0.25, 0.3) is 5.91 Å². The van der Waals surface area contributed by atoms with Gasteiger partial charge in [0.1, 0.15) is 5.82 Å². The van der Waals surface area contributed by atoms with Crippen molar-refractivity contribution in [1.82, 2.24) is 5.32 Å². The van der Waals surface area contributed by atoms with Crippen LogP contribution in [0.2, 0.25) is 0 Å². The minimum absolute atomic E-state index is 0.0346. The summed E-state index contributed by atoms with van der Waals surface area (Å²) in [5, 5.41) is 2.80. The summed E-state index contributed by atoms with van der Waals surface area (Å²) in [6.07, 6.45) is 0. The summed E-state index contributed by atoms with van der Waals surface area (Å²) in [7, 11) is 0. The van der Waals surface area contributed by atoms with Crippen molar-refractivity contribution in [2.75, 3.05) is 6.54 Å². The zero-order valence-electron chi connectivity index (χ0n) is 9.60. The quantitative estimate of drug-likeness (QED) is 0.888. The van der Waals surface area contributed by atoms with Crippen molar-refractivity contribution >= 4 is 21.8 Å². The summed E-state index contributed by atoms with van der Waals surface area (Å²) in [6.45, 7) is 6.69. The van der Waals surface area contributed by atoms with E-state index in [1.165, 1.54) is 18.2 Å². The molecule has 0 bridgehead atoms. The number of nitrogens with one attached hydrogen (secondary N) is 1. The van der Waals surface area contributed by atoms with Crippen LogP contribution in [0.4, 0.5) is 4.39 Å². The van der Waals surface area contributed by atoms with Crippen LogP contribution in [0.3, 0.4) is 0 Å². The molecule has 0 unspecified atom stereocenters. The molecular weight excluding hydrogens is 273 g/mol. The van der Waals surface area contributed by atoms with Gasteiger partial charge in [0.05, 0.1) is 4.47 Å². The molecular formula is C12H15BrFNO. The molecule has 0 aliphatic heterocycles. The molecule has 0 atom stereocenters. The molecule has 0 aliphatic carbocycles. The fourth-order valence-corrected chi connectivity index (χ4v) is 1.46. The van der Waals surface area contributed by atoms with Gasteiger partial charge in [0, 0.05) is 12.1 Å². The molecule has 0 saturated carbocycles. The Balaban J connectivity index is 2.70. The topological polar surface area (TPSA) is 29.1 Å². The van der Waals surface area contributed by atoms with Gasteiger partial charge in [-0.3, -0.25) is 4.79 Å². The van der Waals surface area contributed by atoms with Crippen LogP contribution in [0.15, 0.2) is 22.7 Å². The maximum atomic E-state index is 13.0. The van der Waals surface area contributed by atoms with E-state index in [1.807, 2.05) is 20.8 Å². The third kappa shape index (κ3) is 3.93. The number of amides is 1. The molecule has 4 heteroatoms. The maximum Gasteiger partial charge on any atom is 0.251 e. The van der Waals surface area contributed by atoms with Crippen LogP contribution in [-0.2, 0) is 0 Å². The molecule has 1 amide bonds. The first-order valence-corrected chi connectivity index (χ1v) is 5.82. The SMILES string of the molecule is CC(C)(C)CNC(=O)c1ccc(F)c(Br)c1. The molecule has 0 saturated heterocycles. The second-order valence-corrected chi connectivity index (χ2v) is 5.73. The highest BCUT2D eigenvalue weighted by Crippen LogP contribution is 2.17. The predicted octanol–water partition coefficient (Wildman–Crippen LogP) is 3.36. The van der Waals surface area contributed by atoms with Crippen molar-refractivity contribution in [3.05, 3.63) is 34.1 Å². The normalized spacial score (nSPS) is 11.3. The molecule has 0 spiro atoms. The second kappa shape index (κ2) is 4.95. The molecule has 0 aliphatic rings. The van der Waals surface area contributed by atoms with Gasteiger partial charge >= 0.3 is 0 Å². The van der Waals surface area contributed by atoms with Crippen LogP contribution in [0.25, 0.3) is 0 Å². The lowest BCUT2D eigenvalue weighted by Crippen LogP contribution is -2.32. The van der Waals surface area contributed by atoms with E-state index >= 15 is 0 Å². The van der Waals surface area contributed by atoms with E-state index in [9.17, 15) is 9.18 Å². The Labute approximate surface area is 103 Å². The summed E-state index contributed by atoms with van der Waals surface area (Å²) in [4.78, 5) is 11.7. The van der Waals surface area contributed by atoms with E-state index in [4.69, 9.17) is 0 Å². The zero-order chi connectivity index (χ0) is 12.3. The molecule has 0 heterocycles.